The van der Waals surface area contributed by atoms with E-state index in [1.165, 1.54) is 0 Å². The largest absolute Gasteiger partial charge is 0.492 e. The summed E-state index contributed by atoms with van der Waals surface area (Å²) in [6, 6.07) is 32.4. The van der Waals surface area contributed by atoms with Gasteiger partial charge in [0.05, 0.1) is 38.3 Å². The standard InChI is InChI=1S/C36H35N6O6P/c1-2-46-36(43)41-26-30-31(22-15-23-37-30)47-24-13-6-14-25-48-35-38-33(32(42(44)45)34(41)39-35)40-49(27-16-7-3-8-17-27,28-18-9-4-10-19-28)29-20-11-5-12-21-29/h3-5,7-12,15-23H,2,6,13-14,24-26H2,1H3. The number of nitrogens with zero attached hydrogens (tertiary/aromatic N) is 6. The zero-order chi connectivity index (χ0) is 34.1. The molecule has 0 N–H and O–H groups in total. The quantitative estimate of drug-likeness (QED) is 0.109. The number of carbonyl (C=O) groups excluding carboxylic acids is 1. The summed E-state index contributed by atoms with van der Waals surface area (Å²) in [4.78, 5) is 40.9. The molecule has 2 bridgehead atoms. The van der Waals surface area contributed by atoms with Crippen molar-refractivity contribution >= 4 is 46.4 Å². The van der Waals surface area contributed by atoms with Gasteiger partial charge in [0, 0.05) is 22.1 Å². The number of ether oxygens (including phenoxy) is 3. The van der Waals surface area contributed by atoms with Crippen molar-refractivity contribution in [2.24, 2.45) is 4.74 Å². The number of carbonyl (C=O) groups is 1. The van der Waals surface area contributed by atoms with Gasteiger partial charge in [0.1, 0.15) is 11.4 Å². The fourth-order valence-electron chi connectivity index (χ4n) is 5.57. The molecule has 0 saturated carbocycles. The molecular formula is C36H35N6O6P. The Labute approximate surface area is 284 Å². The number of rotatable bonds is 6. The fraction of sp³-hybridized carbons (Fsp3) is 0.222. The Hall–Kier alpha value is -5.61. The van der Waals surface area contributed by atoms with Gasteiger partial charge in [-0.1, -0.05) is 91.0 Å². The van der Waals surface area contributed by atoms with E-state index in [0.29, 0.717) is 24.5 Å². The molecular weight excluding hydrogens is 643 g/mol. The third kappa shape index (κ3) is 7.29. The number of benzene rings is 3. The van der Waals surface area contributed by atoms with E-state index < -0.39 is 23.8 Å². The number of hydrogen-bond donors (Lipinski definition) is 0. The Morgan fingerprint density at radius 3 is 2.02 bits per heavy atom. The minimum Gasteiger partial charge on any atom is -0.492 e. The van der Waals surface area contributed by atoms with Crippen LogP contribution in [0.4, 0.5) is 22.1 Å². The van der Waals surface area contributed by atoms with Crippen LogP contribution in [0, 0.1) is 10.1 Å². The van der Waals surface area contributed by atoms with Crippen LogP contribution in [0.3, 0.4) is 0 Å². The lowest BCUT2D eigenvalue weighted by Gasteiger charge is -2.27. The summed E-state index contributed by atoms with van der Waals surface area (Å²) < 4.78 is 22.8. The molecule has 0 saturated heterocycles. The van der Waals surface area contributed by atoms with Crippen molar-refractivity contribution in [3.8, 4) is 11.8 Å². The monoisotopic (exact) mass is 678 g/mol. The van der Waals surface area contributed by atoms with E-state index >= 15 is 0 Å². The second-order valence-electron chi connectivity index (χ2n) is 11.0. The number of pyridine rings is 1. The molecule has 5 aromatic rings. The van der Waals surface area contributed by atoms with Crippen LogP contribution in [0.15, 0.2) is 114 Å². The van der Waals surface area contributed by atoms with Crippen LogP contribution in [-0.4, -0.2) is 45.8 Å². The van der Waals surface area contributed by atoms with Crippen LogP contribution < -0.4 is 30.3 Å². The van der Waals surface area contributed by atoms with Crippen molar-refractivity contribution in [1.82, 2.24) is 15.0 Å². The molecule has 49 heavy (non-hydrogen) atoms. The maximum Gasteiger partial charge on any atom is 0.416 e. The maximum atomic E-state index is 13.7. The third-order valence-corrected chi connectivity index (χ3v) is 11.4. The second kappa shape index (κ2) is 15.5. The number of nitro groups is 1. The number of hydrogen-bond acceptors (Lipinski definition) is 10. The van der Waals surface area contributed by atoms with Gasteiger partial charge >= 0.3 is 17.8 Å². The highest BCUT2D eigenvalue weighted by Crippen LogP contribution is 2.51. The zero-order valence-corrected chi connectivity index (χ0v) is 27.8. The molecule has 2 aromatic heterocycles. The van der Waals surface area contributed by atoms with E-state index in [0.717, 1.165) is 33.7 Å². The van der Waals surface area contributed by atoms with Gasteiger partial charge in [-0.3, -0.25) is 15.1 Å². The first-order valence-electron chi connectivity index (χ1n) is 16.0. The van der Waals surface area contributed by atoms with Crippen molar-refractivity contribution in [2.45, 2.75) is 32.7 Å². The van der Waals surface area contributed by atoms with E-state index in [1.807, 2.05) is 91.0 Å². The van der Waals surface area contributed by atoms with Crippen LogP contribution in [-0.2, 0) is 11.3 Å². The highest BCUT2D eigenvalue weighted by molar-refractivity contribution is 7.87. The molecule has 250 valence electrons. The summed E-state index contributed by atoms with van der Waals surface area (Å²) in [7, 11) is -3.04. The van der Waals surface area contributed by atoms with Crippen molar-refractivity contribution in [2.75, 3.05) is 24.7 Å². The van der Waals surface area contributed by atoms with Crippen LogP contribution >= 0.6 is 7.05 Å². The highest BCUT2D eigenvalue weighted by Gasteiger charge is 2.37. The topological polar surface area (TPSA) is 142 Å². The van der Waals surface area contributed by atoms with Gasteiger partial charge < -0.3 is 14.2 Å². The average molecular weight is 679 g/mol. The van der Waals surface area contributed by atoms with E-state index in [1.54, 1.807) is 25.3 Å². The predicted octanol–water partition coefficient (Wildman–Crippen LogP) is 6.69. The molecule has 1 aliphatic rings. The molecule has 1 aliphatic heterocycles. The van der Waals surface area contributed by atoms with Crippen molar-refractivity contribution in [3.63, 3.8) is 0 Å². The first kappa shape index (κ1) is 33.3. The van der Waals surface area contributed by atoms with Gasteiger partial charge in [-0.05, 0) is 38.3 Å². The summed E-state index contributed by atoms with van der Waals surface area (Å²) in [5.74, 6) is -0.101. The van der Waals surface area contributed by atoms with E-state index in [2.05, 4.69) is 15.0 Å². The number of amides is 1. The Morgan fingerprint density at radius 2 is 1.45 bits per heavy atom. The molecule has 3 aromatic carbocycles. The Balaban J connectivity index is 1.70. The second-order valence-corrected chi connectivity index (χ2v) is 14.0. The van der Waals surface area contributed by atoms with Gasteiger partial charge in [0.2, 0.25) is 11.6 Å². The fourth-order valence-corrected chi connectivity index (χ4v) is 9.04. The van der Waals surface area contributed by atoms with Crippen molar-refractivity contribution in [1.29, 1.82) is 0 Å². The number of anilines is 1. The molecule has 13 heteroatoms. The number of fused-ring (bicyclic) bond motifs is 3. The Bertz CT molecular complexity index is 1860. The molecule has 0 unspecified atom stereocenters. The molecule has 6 rings (SSSR count). The minimum atomic E-state index is -3.04. The highest BCUT2D eigenvalue weighted by atomic mass is 31.2. The average Bonchev–Trinajstić information content (AvgIpc) is 3.13. The van der Waals surface area contributed by atoms with Crippen molar-refractivity contribution < 1.29 is 23.9 Å². The molecule has 12 nitrogen and oxygen atoms in total. The normalized spacial score (nSPS) is 13.5. The Morgan fingerprint density at radius 1 is 0.857 bits per heavy atom. The third-order valence-electron chi connectivity index (χ3n) is 7.82. The van der Waals surface area contributed by atoms with E-state index in [-0.39, 0.29) is 37.4 Å². The van der Waals surface area contributed by atoms with Gasteiger partial charge in [-0.15, -0.1) is 0 Å². The van der Waals surface area contributed by atoms with Crippen LogP contribution in [0.25, 0.3) is 0 Å². The van der Waals surface area contributed by atoms with Crippen LogP contribution in [0.5, 0.6) is 11.8 Å². The summed E-state index contributed by atoms with van der Waals surface area (Å²) in [6.07, 6.45) is 2.91. The molecule has 0 spiro atoms. The molecule has 0 radical (unpaired) electrons. The van der Waals surface area contributed by atoms with E-state index in [4.69, 9.17) is 19.0 Å². The molecule has 3 heterocycles. The molecule has 1 amide bonds. The van der Waals surface area contributed by atoms with Gasteiger partial charge in [0.15, 0.2) is 0 Å². The summed E-state index contributed by atoms with van der Waals surface area (Å²) in [6.45, 7) is 2.10. The smallest absolute Gasteiger partial charge is 0.416 e. The lowest BCUT2D eigenvalue weighted by Crippen LogP contribution is -2.33. The van der Waals surface area contributed by atoms with Crippen LogP contribution in [0.1, 0.15) is 31.9 Å². The predicted molar refractivity (Wildman–Crippen MR) is 188 cm³/mol. The first-order valence-corrected chi connectivity index (χ1v) is 17.7. The minimum absolute atomic E-state index is 0.0189. The summed E-state index contributed by atoms with van der Waals surface area (Å²) in [5, 5.41) is 15.7. The molecule has 0 fully saturated rings. The van der Waals surface area contributed by atoms with Crippen molar-refractivity contribution in [3.05, 3.63) is 125 Å². The number of aromatic nitrogens is 3. The van der Waals surface area contributed by atoms with Gasteiger partial charge in [-0.25, -0.2) is 14.4 Å². The zero-order valence-electron chi connectivity index (χ0n) is 26.9. The SMILES string of the molecule is CCOC(=O)N1Cc2ncccc2OCCCCCOc2nc(N=P(c3ccccc3)(c3ccccc3)c3ccccc3)c([N+](=O)[O-])c1n2. The van der Waals surface area contributed by atoms with Gasteiger partial charge in [-0.2, -0.15) is 9.97 Å². The van der Waals surface area contributed by atoms with Gasteiger partial charge in [0.25, 0.3) is 0 Å². The van der Waals surface area contributed by atoms with E-state index in [9.17, 15) is 14.9 Å². The summed E-state index contributed by atoms with van der Waals surface area (Å²) >= 11 is 0. The maximum absolute atomic E-state index is 13.7. The molecule has 0 aliphatic carbocycles. The lowest BCUT2D eigenvalue weighted by atomic mass is 10.2. The Kier molecular flexibility index (Phi) is 10.6. The lowest BCUT2D eigenvalue weighted by molar-refractivity contribution is -0.383. The van der Waals surface area contributed by atoms with Crippen LogP contribution in [0.2, 0.25) is 0 Å². The first-order chi connectivity index (χ1) is 24.0. The molecule has 0 atom stereocenters. The summed E-state index contributed by atoms with van der Waals surface area (Å²) in [5.41, 5.74) is -0.195.